The van der Waals surface area contributed by atoms with Gasteiger partial charge in [-0.15, -0.1) is 0 Å². The summed E-state index contributed by atoms with van der Waals surface area (Å²) in [6.45, 7) is 2.67. The van der Waals surface area contributed by atoms with Gasteiger partial charge in [-0.25, -0.2) is 0 Å². The first-order valence-electron chi connectivity index (χ1n) is 8.24. The van der Waals surface area contributed by atoms with Crippen molar-refractivity contribution in [3.05, 3.63) is 53.1 Å². The second-order valence-electron chi connectivity index (χ2n) is 5.74. The van der Waals surface area contributed by atoms with Crippen molar-refractivity contribution in [2.24, 2.45) is 5.73 Å². The van der Waals surface area contributed by atoms with Gasteiger partial charge in [-0.3, -0.25) is 0 Å². The van der Waals surface area contributed by atoms with Gasteiger partial charge in [-0.2, -0.15) is 0 Å². The normalized spacial score (nSPS) is 11.9. The van der Waals surface area contributed by atoms with E-state index < -0.39 is 0 Å². The molecule has 0 aliphatic rings. The summed E-state index contributed by atoms with van der Waals surface area (Å²) >= 11 is 0. The predicted octanol–water partition coefficient (Wildman–Crippen LogP) is 3.56. The molecule has 0 fully saturated rings. The monoisotopic (exact) mass is 329 g/mol. The molecular weight excluding hydrogens is 302 g/mol. The molecule has 2 aromatic carbocycles. The molecule has 4 nitrogen and oxygen atoms in total. The summed E-state index contributed by atoms with van der Waals surface area (Å²) in [5.41, 5.74) is 9.61. The van der Waals surface area contributed by atoms with Crippen LogP contribution in [0.25, 0.3) is 0 Å². The highest BCUT2D eigenvalue weighted by atomic mass is 16.5. The second kappa shape index (κ2) is 8.60. The number of hydrogen-bond donors (Lipinski definition) is 1. The minimum atomic E-state index is 0.160. The van der Waals surface area contributed by atoms with Crippen LogP contribution >= 0.6 is 0 Å². The van der Waals surface area contributed by atoms with Crippen molar-refractivity contribution in [1.82, 2.24) is 0 Å². The lowest BCUT2D eigenvalue weighted by Gasteiger charge is -2.20. The number of methoxy groups -OCH3 is 3. The molecule has 2 N–H and O–H groups in total. The van der Waals surface area contributed by atoms with Gasteiger partial charge in [0, 0.05) is 11.5 Å². The van der Waals surface area contributed by atoms with E-state index in [4.69, 9.17) is 19.9 Å². The number of rotatable bonds is 8. The SMILES string of the molecule is CCc1cc(CC(CN)c2cc(OC)ccc2OC)ccc1OC. The molecule has 0 saturated carbocycles. The fraction of sp³-hybridized carbons (Fsp3) is 0.400. The summed E-state index contributed by atoms with van der Waals surface area (Å²) in [5, 5.41) is 0. The summed E-state index contributed by atoms with van der Waals surface area (Å²) in [4.78, 5) is 0. The van der Waals surface area contributed by atoms with Crippen LogP contribution in [-0.2, 0) is 12.8 Å². The molecule has 0 amide bonds. The van der Waals surface area contributed by atoms with Gasteiger partial charge >= 0.3 is 0 Å². The van der Waals surface area contributed by atoms with Gasteiger partial charge < -0.3 is 19.9 Å². The minimum Gasteiger partial charge on any atom is -0.497 e. The standard InChI is InChI=1S/C20H27NO3/c1-5-15-10-14(6-8-19(15)23-3)11-16(13-21)18-12-17(22-2)7-9-20(18)24-4/h6-10,12,16H,5,11,13,21H2,1-4H3. The summed E-state index contributed by atoms with van der Waals surface area (Å²) in [5.74, 6) is 2.75. The molecule has 1 atom stereocenters. The highest BCUT2D eigenvalue weighted by Crippen LogP contribution is 2.33. The molecule has 2 rings (SSSR count). The van der Waals surface area contributed by atoms with E-state index in [1.54, 1.807) is 21.3 Å². The molecule has 2 aromatic rings. The lowest BCUT2D eigenvalue weighted by atomic mass is 9.90. The summed E-state index contributed by atoms with van der Waals surface area (Å²) < 4.78 is 16.3. The number of nitrogens with two attached hydrogens (primary N) is 1. The first-order chi connectivity index (χ1) is 11.7. The van der Waals surface area contributed by atoms with E-state index in [0.717, 1.165) is 35.7 Å². The Bertz CT molecular complexity index is 670. The molecule has 0 aromatic heterocycles. The van der Waals surface area contributed by atoms with Crippen LogP contribution in [0.15, 0.2) is 36.4 Å². The summed E-state index contributed by atoms with van der Waals surface area (Å²) in [7, 11) is 5.06. The Kier molecular flexibility index (Phi) is 6.50. The molecule has 24 heavy (non-hydrogen) atoms. The Morgan fingerprint density at radius 2 is 1.62 bits per heavy atom. The number of benzene rings is 2. The van der Waals surface area contributed by atoms with E-state index in [1.807, 2.05) is 24.3 Å². The molecule has 130 valence electrons. The van der Waals surface area contributed by atoms with Crippen LogP contribution in [0.5, 0.6) is 17.2 Å². The highest BCUT2D eigenvalue weighted by Gasteiger charge is 2.17. The average Bonchev–Trinajstić information content (AvgIpc) is 2.65. The number of hydrogen-bond acceptors (Lipinski definition) is 4. The van der Waals surface area contributed by atoms with Crippen molar-refractivity contribution in [3.63, 3.8) is 0 Å². The topological polar surface area (TPSA) is 53.7 Å². The van der Waals surface area contributed by atoms with Crippen LogP contribution in [0.4, 0.5) is 0 Å². The zero-order chi connectivity index (χ0) is 17.5. The van der Waals surface area contributed by atoms with Gasteiger partial charge in [-0.1, -0.05) is 19.1 Å². The van der Waals surface area contributed by atoms with Gasteiger partial charge in [0.25, 0.3) is 0 Å². The Labute approximate surface area is 144 Å². The van der Waals surface area contributed by atoms with E-state index in [0.29, 0.717) is 6.54 Å². The lowest BCUT2D eigenvalue weighted by molar-refractivity contribution is 0.395. The van der Waals surface area contributed by atoms with Gasteiger partial charge in [0.1, 0.15) is 17.2 Å². The maximum atomic E-state index is 6.07. The van der Waals surface area contributed by atoms with Crippen LogP contribution in [0.3, 0.4) is 0 Å². The fourth-order valence-electron chi connectivity index (χ4n) is 3.00. The van der Waals surface area contributed by atoms with Crippen molar-refractivity contribution in [1.29, 1.82) is 0 Å². The molecule has 0 radical (unpaired) electrons. The quantitative estimate of drug-likeness (QED) is 0.804. The van der Waals surface area contributed by atoms with Crippen molar-refractivity contribution >= 4 is 0 Å². The molecule has 0 aliphatic carbocycles. The number of ether oxygens (including phenoxy) is 3. The molecule has 0 heterocycles. The van der Waals surface area contributed by atoms with Gasteiger partial charge in [0.2, 0.25) is 0 Å². The third-order valence-corrected chi connectivity index (χ3v) is 4.37. The van der Waals surface area contributed by atoms with E-state index in [1.165, 1.54) is 11.1 Å². The van der Waals surface area contributed by atoms with Crippen molar-refractivity contribution in [3.8, 4) is 17.2 Å². The number of aryl methyl sites for hydroxylation is 1. The van der Waals surface area contributed by atoms with Crippen LogP contribution in [0.1, 0.15) is 29.5 Å². The predicted molar refractivity (Wildman–Crippen MR) is 97.4 cm³/mol. The Hall–Kier alpha value is -2.20. The molecule has 1 unspecified atom stereocenters. The van der Waals surface area contributed by atoms with Gasteiger partial charge in [0.05, 0.1) is 21.3 Å². The van der Waals surface area contributed by atoms with Crippen molar-refractivity contribution < 1.29 is 14.2 Å². The van der Waals surface area contributed by atoms with E-state index >= 15 is 0 Å². The Morgan fingerprint density at radius 3 is 2.21 bits per heavy atom. The zero-order valence-electron chi connectivity index (χ0n) is 15.0. The van der Waals surface area contributed by atoms with Crippen molar-refractivity contribution in [2.45, 2.75) is 25.7 Å². The van der Waals surface area contributed by atoms with Gasteiger partial charge in [0.15, 0.2) is 0 Å². The molecule has 4 heteroatoms. The molecule has 0 aliphatic heterocycles. The van der Waals surface area contributed by atoms with Crippen LogP contribution in [-0.4, -0.2) is 27.9 Å². The third-order valence-electron chi connectivity index (χ3n) is 4.37. The van der Waals surface area contributed by atoms with Gasteiger partial charge in [-0.05, 0) is 54.8 Å². The Morgan fingerprint density at radius 1 is 0.917 bits per heavy atom. The smallest absolute Gasteiger partial charge is 0.122 e. The molecule has 0 spiro atoms. The first-order valence-corrected chi connectivity index (χ1v) is 8.24. The molecule has 0 saturated heterocycles. The van der Waals surface area contributed by atoms with Crippen LogP contribution in [0, 0.1) is 0 Å². The minimum absolute atomic E-state index is 0.160. The van der Waals surface area contributed by atoms with Crippen LogP contribution in [0.2, 0.25) is 0 Å². The largest absolute Gasteiger partial charge is 0.497 e. The maximum absolute atomic E-state index is 6.07. The van der Waals surface area contributed by atoms with E-state index in [2.05, 4.69) is 19.1 Å². The van der Waals surface area contributed by atoms with Crippen molar-refractivity contribution in [2.75, 3.05) is 27.9 Å². The lowest BCUT2D eigenvalue weighted by Crippen LogP contribution is -2.16. The molecular formula is C20H27NO3. The first kappa shape index (κ1) is 18.1. The zero-order valence-corrected chi connectivity index (χ0v) is 15.0. The molecule has 0 bridgehead atoms. The van der Waals surface area contributed by atoms with Crippen LogP contribution < -0.4 is 19.9 Å². The second-order valence-corrected chi connectivity index (χ2v) is 5.74. The Balaban J connectivity index is 2.33. The summed E-state index contributed by atoms with van der Waals surface area (Å²) in [6, 6.07) is 12.2. The van der Waals surface area contributed by atoms with E-state index in [-0.39, 0.29) is 5.92 Å². The fourth-order valence-corrected chi connectivity index (χ4v) is 3.00. The summed E-state index contributed by atoms with van der Waals surface area (Å²) in [6.07, 6.45) is 1.78. The highest BCUT2D eigenvalue weighted by molar-refractivity contribution is 5.44. The average molecular weight is 329 g/mol. The third kappa shape index (κ3) is 4.01. The maximum Gasteiger partial charge on any atom is 0.122 e. The van der Waals surface area contributed by atoms with E-state index in [9.17, 15) is 0 Å².